The van der Waals surface area contributed by atoms with E-state index >= 15 is 0 Å². The van der Waals surface area contributed by atoms with Crippen LogP contribution in [0.2, 0.25) is 0 Å². The van der Waals surface area contributed by atoms with Gasteiger partial charge in [-0.3, -0.25) is 9.79 Å². The average Bonchev–Trinajstić information content (AvgIpc) is 2.46. The number of benzene rings is 1. The highest BCUT2D eigenvalue weighted by atomic mass is 16.5. The molecule has 1 aromatic carbocycles. The van der Waals surface area contributed by atoms with Crippen molar-refractivity contribution in [2.75, 3.05) is 26.1 Å². The molecular weight excluding hydrogens is 284 g/mol. The molecule has 1 rings (SSSR count). The Balaban J connectivity index is 2.62. The van der Waals surface area contributed by atoms with Crippen molar-refractivity contribution in [3.63, 3.8) is 0 Å². The van der Waals surface area contributed by atoms with E-state index in [0.29, 0.717) is 23.7 Å². The van der Waals surface area contributed by atoms with Gasteiger partial charge in [-0.15, -0.1) is 0 Å². The minimum atomic E-state index is -0.0505. The fourth-order valence-corrected chi connectivity index (χ4v) is 1.76. The minimum Gasteiger partial charge on any atom is -0.497 e. The van der Waals surface area contributed by atoms with Crippen LogP contribution in [0.25, 0.3) is 0 Å². The molecule has 0 atom stereocenters. The number of carbonyl (C=O) groups is 1. The lowest BCUT2D eigenvalue weighted by Crippen LogP contribution is -2.30. The number of nitrogens with zero attached hydrogens (tertiary/aromatic N) is 1. The monoisotopic (exact) mass is 308 g/mol. The number of amides is 1. The molecule has 0 bridgehead atoms. The Kier molecular flexibility index (Phi) is 7.01. The third-order valence-electron chi connectivity index (χ3n) is 2.74. The number of hydrogen-bond donors (Lipinski definition) is 3. The number of ether oxygens (including phenoxy) is 2. The first-order valence-corrected chi connectivity index (χ1v) is 7.04. The number of guanidine groups is 1. The van der Waals surface area contributed by atoms with Crippen LogP contribution in [-0.2, 0) is 4.79 Å². The predicted octanol–water partition coefficient (Wildman–Crippen LogP) is 1.35. The predicted molar refractivity (Wildman–Crippen MR) is 87.6 cm³/mol. The molecule has 7 nitrogen and oxygen atoms in total. The molecule has 22 heavy (non-hydrogen) atoms. The Morgan fingerprint density at radius 3 is 2.64 bits per heavy atom. The van der Waals surface area contributed by atoms with Crippen molar-refractivity contribution < 1.29 is 14.3 Å². The standard InChI is InChI=1S/C15H24N4O3/c1-10(2)18-14(20)7-8-17-15(16)19-12-9-11(21-3)5-6-13(12)22-4/h5-6,9-10H,7-8H2,1-4H3,(H,18,20)(H3,16,17,19). The fraction of sp³-hybridized carbons (Fsp3) is 0.467. The van der Waals surface area contributed by atoms with Crippen LogP contribution < -0.4 is 25.8 Å². The lowest BCUT2D eigenvalue weighted by atomic mass is 10.2. The van der Waals surface area contributed by atoms with E-state index in [1.54, 1.807) is 32.4 Å². The summed E-state index contributed by atoms with van der Waals surface area (Å²) in [7, 11) is 3.15. The summed E-state index contributed by atoms with van der Waals surface area (Å²) < 4.78 is 10.4. The number of methoxy groups -OCH3 is 2. The van der Waals surface area contributed by atoms with Gasteiger partial charge in [-0.05, 0) is 26.0 Å². The van der Waals surface area contributed by atoms with Crippen LogP contribution in [0.4, 0.5) is 5.69 Å². The van der Waals surface area contributed by atoms with E-state index in [2.05, 4.69) is 15.6 Å². The highest BCUT2D eigenvalue weighted by Crippen LogP contribution is 2.28. The molecule has 0 saturated heterocycles. The first-order chi connectivity index (χ1) is 10.5. The second-order valence-electron chi connectivity index (χ2n) is 4.93. The molecule has 0 fully saturated rings. The average molecular weight is 308 g/mol. The van der Waals surface area contributed by atoms with Crippen molar-refractivity contribution in [1.82, 2.24) is 5.32 Å². The number of nitrogens with two attached hydrogens (primary N) is 1. The van der Waals surface area contributed by atoms with Crippen molar-refractivity contribution >= 4 is 17.6 Å². The maximum Gasteiger partial charge on any atom is 0.222 e. The Morgan fingerprint density at radius 1 is 1.32 bits per heavy atom. The third kappa shape index (κ3) is 5.90. The van der Waals surface area contributed by atoms with E-state index in [1.165, 1.54) is 0 Å². The largest absolute Gasteiger partial charge is 0.497 e. The molecule has 0 aliphatic carbocycles. The van der Waals surface area contributed by atoms with E-state index in [1.807, 2.05) is 13.8 Å². The molecule has 122 valence electrons. The molecule has 0 unspecified atom stereocenters. The SMILES string of the molecule is COc1ccc(OC)c(NC(N)=NCCC(=O)NC(C)C)c1. The molecule has 1 amide bonds. The van der Waals surface area contributed by atoms with Gasteiger partial charge in [0, 0.05) is 18.5 Å². The molecule has 0 aromatic heterocycles. The van der Waals surface area contributed by atoms with Crippen LogP contribution in [0.5, 0.6) is 11.5 Å². The van der Waals surface area contributed by atoms with Crippen molar-refractivity contribution in [3.05, 3.63) is 18.2 Å². The summed E-state index contributed by atoms with van der Waals surface area (Å²) in [6.07, 6.45) is 0.288. The number of nitrogens with one attached hydrogen (secondary N) is 2. The van der Waals surface area contributed by atoms with Crippen molar-refractivity contribution in [2.45, 2.75) is 26.3 Å². The highest BCUT2D eigenvalue weighted by Gasteiger charge is 2.06. The second-order valence-corrected chi connectivity index (χ2v) is 4.93. The highest BCUT2D eigenvalue weighted by molar-refractivity contribution is 5.94. The van der Waals surface area contributed by atoms with Gasteiger partial charge in [0.2, 0.25) is 5.91 Å². The number of rotatable bonds is 7. The van der Waals surface area contributed by atoms with Crippen molar-refractivity contribution in [2.24, 2.45) is 10.7 Å². The topological polar surface area (TPSA) is 98.0 Å². The Labute approximate surface area is 130 Å². The molecule has 0 heterocycles. The zero-order valence-electron chi connectivity index (χ0n) is 13.5. The molecular formula is C15H24N4O3. The van der Waals surface area contributed by atoms with Gasteiger partial charge in [-0.25, -0.2) is 0 Å². The van der Waals surface area contributed by atoms with Gasteiger partial charge < -0.3 is 25.8 Å². The normalized spacial score (nSPS) is 11.2. The van der Waals surface area contributed by atoms with E-state index in [-0.39, 0.29) is 24.3 Å². The van der Waals surface area contributed by atoms with E-state index in [9.17, 15) is 4.79 Å². The molecule has 0 spiro atoms. The van der Waals surface area contributed by atoms with E-state index < -0.39 is 0 Å². The van der Waals surface area contributed by atoms with Crippen LogP contribution >= 0.6 is 0 Å². The smallest absolute Gasteiger partial charge is 0.222 e. The molecule has 0 aliphatic rings. The van der Waals surface area contributed by atoms with Gasteiger partial charge in [0.1, 0.15) is 11.5 Å². The van der Waals surface area contributed by atoms with Gasteiger partial charge >= 0.3 is 0 Å². The molecule has 0 radical (unpaired) electrons. The van der Waals surface area contributed by atoms with Gasteiger partial charge in [0.05, 0.1) is 26.5 Å². The first-order valence-electron chi connectivity index (χ1n) is 7.04. The first kappa shape index (κ1) is 17.6. The lowest BCUT2D eigenvalue weighted by molar-refractivity contribution is -0.121. The minimum absolute atomic E-state index is 0.0505. The molecule has 1 aromatic rings. The van der Waals surface area contributed by atoms with Crippen molar-refractivity contribution in [3.8, 4) is 11.5 Å². The second kappa shape index (κ2) is 8.76. The zero-order chi connectivity index (χ0) is 16.5. The van der Waals surface area contributed by atoms with Gasteiger partial charge in [0.25, 0.3) is 0 Å². The summed E-state index contributed by atoms with van der Waals surface area (Å²) in [6, 6.07) is 5.43. The maximum absolute atomic E-state index is 11.5. The van der Waals surface area contributed by atoms with Crippen molar-refractivity contribution in [1.29, 1.82) is 0 Å². The summed E-state index contributed by atoms with van der Waals surface area (Å²) in [5, 5.41) is 5.74. The summed E-state index contributed by atoms with van der Waals surface area (Å²) in [5.74, 6) is 1.46. The number of aliphatic imine (C=N–C) groups is 1. The lowest BCUT2D eigenvalue weighted by Gasteiger charge is -2.12. The fourth-order valence-electron chi connectivity index (χ4n) is 1.76. The summed E-state index contributed by atoms with van der Waals surface area (Å²) in [5.41, 5.74) is 6.47. The number of carbonyl (C=O) groups excluding carboxylic acids is 1. The molecule has 4 N–H and O–H groups in total. The number of anilines is 1. The van der Waals surface area contributed by atoms with Crippen LogP contribution in [0.3, 0.4) is 0 Å². The summed E-state index contributed by atoms with van der Waals surface area (Å²) in [4.78, 5) is 15.6. The van der Waals surface area contributed by atoms with Gasteiger partial charge in [-0.1, -0.05) is 0 Å². The van der Waals surface area contributed by atoms with Gasteiger partial charge in [-0.2, -0.15) is 0 Å². The van der Waals surface area contributed by atoms with E-state index in [0.717, 1.165) is 0 Å². The molecule has 0 aliphatic heterocycles. The molecule has 0 saturated carbocycles. The number of hydrogen-bond acceptors (Lipinski definition) is 4. The van der Waals surface area contributed by atoms with Gasteiger partial charge in [0.15, 0.2) is 5.96 Å². The Morgan fingerprint density at radius 2 is 2.05 bits per heavy atom. The van der Waals surface area contributed by atoms with Crippen LogP contribution in [0.15, 0.2) is 23.2 Å². The van der Waals surface area contributed by atoms with Crippen LogP contribution in [0, 0.1) is 0 Å². The maximum atomic E-state index is 11.5. The third-order valence-corrected chi connectivity index (χ3v) is 2.74. The summed E-state index contributed by atoms with van der Waals surface area (Å²) in [6.45, 7) is 4.13. The molecule has 7 heteroatoms. The van der Waals surface area contributed by atoms with E-state index in [4.69, 9.17) is 15.2 Å². The Bertz CT molecular complexity index is 530. The van der Waals surface area contributed by atoms with Crippen LogP contribution in [0.1, 0.15) is 20.3 Å². The van der Waals surface area contributed by atoms with Crippen LogP contribution in [-0.4, -0.2) is 38.7 Å². The quantitative estimate of drug-likeness (QED) is 0.522. The zero-order valence-corrected chi connectivity index (χ0v) is 13.5. The summed E-state index contributed by atoms with van der Waals surface area (Å²) >= 11 is 0. The Hall–Kier alpha value is -2.44.